The number of esters is 1. The first-order chi connectivity index (χ1) is 9.65. The van der Waals surface area contributed by atoms with Gasteiger partial charge in [0.05, 0.1) is 12.2 Å². The predicted octanol–water partition coefficient (Wildman–Crippen LogP) is 1.73. The van der Waals surface area contributed by atoms with Crippen LogP contribution in [0.15, 0.2) is 24.3 Å². The summed E-state index contributed by atoms with van der Waals surface area (Å²) >= 11 is 0. The fraction of sp³-hybridized carbons (Fsp3) is 0.400. The van der Waals surface area contributed by atoms with Crippen LogP contribution in [0.2, 0.25) is 0 Å². The van der Waals surface area contributed by atoms with E-state index in [1.54, 1.807) is 18.2 Å². The summed E-state index contributed by atoms with van der Waals surface area (Å²) in [6.45, 7) is 1.69. The number of hydrogen-bond donors (Lipinski definition) is 2. The van der Waals surface area contributed by atoms with Crippen molar-refractivity contribution in [2.24, 2.45) is 0 Å². The van der Waals surface area contributed by atoms with Crippen LogP contribution >= 0.6 is 0 Å². The highest BCUT2D eigenvalue weighted by molar-refractivity contribution is 6.03. The third-order valence-corrected chi connectivity index (χ3v) is 2.95. The molecule has 5 heteroatoms. The molecule has 0 amide bonds. The second-order valence-electron chi connectivity index (χ2n) is 4.60. The lowest BCUT2D eigenvalue weighted by molar-refractivity contribution is 0.0536. The zero-order valence-corrected chi connectivity index (χ0v) is 11.3. The Morgan fingerprint density at radius 3 is 2.90 bits per heavy atom. The molecule has 108 valence electrons. The Morgan fingerprint density at radius 1 is 1.40 bits per heavy atom. The molecule has 0 bridgehead atoms. The smallest absolute Gasteiger partial charge is 0.344 e. The van der Waals surface area contributed by atoms with Gasteiger partial charge < -0.3 is 19.7 Å². The van der Waals surface area contributed by atoms with Crippen molar-refractivity contribution in [2.45, 2.75) is 25.9 Å². The van der Waals surface area contributed by atoms with Crippen molar-refractivity contribution in [3.8, 4) is 5.75 Å². The topological polar surface area (TPSA) is 76.0 Å². The summed E-state index contributed by atoms with van der Waals surface area (Å²) in [5, 5.41) is 18.0. The van der Waals surface area contributed by atoms with Crippen LogP contribution in [-0.2, 0) is 4.74 Å². The Hall–Kier alpha value is -1.85. The highest BCUT2D eigenvalue weighted by Gasteiger charge is 2.26. The van der Waals surface area contributed by atoms with Gasteiger partial charge in [-0.3, -0.25) is 0 Å². The lowest BCUT2D eigenvalue weighted by Crippen LogP contribution is -2.21. The summed E-state index contributed by atoms with van der Waals surface area (Å²) in [5.41, 5.74) is 1.22. The average molecular weight is 278 g/mol. The predicted molar refractivity (Wildman–Crippen MR) is 73.3 cm³/mol. The van der Waals surface area contributed by atoms with E-state index in [2.05, 4.69) is 0 Å². The molecular weight excluding hydrogens is 260 g/mol. The van der Waals surface area contributed by atoms with Gasteiger partial charge in [0.15, 0.2) is 0 Å². The van der Waals surface area contributed by atoms with E-state index in [9.17, 15) is 9.90 Å². The van der Waals surface area contributed by atoms with Gasteiger partial charge in [0.25, 0.3) is 0 Å². The molecule has 2 rings (SSSR count). The molecule has 20 heavy (non-hydrogen) atoms. The molecule has 1 atom stereocenters. The van der Waals surface area contributed by atoms with Gasteiger partial charge in [-0.15, -0.1) is 0 Å². The average Bonchev–Trinajstić information content (AvgIpc) is 2.78. The first kappa shape index (κ1) is 14.6. The van der Waals surface area contributed by atoms with Crippen molar-refractivity contribution in [2.75, 3.05) is 13.2 Å². The standard InChI is InChI=1S/C15H18O5/c1-2-3-4-14-13-7-11(19-9-10(17)8-16)5-6-12(13)15(18)20-14/h4-7,10,16-17H,2-3,8-9H2,1H3/b14-4-/t10-/m1/s1. The summed E-state index contributed by atoms with van der Waals surface area (Å²) < 4.78 is 10.6. The van der Waals surface area contributed by atoms with Crippen LogP contribution in [0.5, 0.6) is 5.75 Å². The number of aliphatic hydroxyl groups is 2. The van der Waals surface area contributed by atoms with E-state index in [1.165, 1.54) is 0 Å². The molecule has 0 fully saturated rings. The second kappa shape index (κ2) is 6.54. The van der Waals surface area contributed by atoms with Gasteiger partial charge in [0.2, 0.25) is 0 Å². The van der Waals surface area contributed by atoms with Gasteiger partial charge in [-0.05, 0) is 30.7 Å². The van der Waals surface area contributed by atoms with Crippen molar-refractivity contribution >= 4 is 11.7 Å². The molecule has 0 saturated carbocycles. The number of benzene rings is 1. The van der Waals surface area contributed by atoms with Crippen LogP contribution in [0.3, 0.4) is 0 Å². The number of carbonyl (C=O) groups excluding carboxylic acids is 1. The maximum absolute atomic E-state index is 11.7. The molecule has 0 aromatic heterocycles. The second-order valence-corrected chi connectivity index (χ2v) is 4.60. The molecule has 5 nitrogen and oxygen atoms in total. The Kier molecular flexibility index (Phi) is 4.76. The van der Waals surface area contributed by atoms with E-state index in [4.69, 9.17) is 14.6 Å². The maximum atomic E-state index is 11.7. The molecule has 0 spiro atoms. The van der Waals surface area contributed by atoms with Crippen molar-refractivity contribution in [3.63, 3.8) is 0 Å². The maximum Gasteiger partial charge on any atom is 0.344 e. The minimum atomic E-state index is -0.920. The van der Waals surface area contributed by atoms with E-state index in [0.717, 1.165) is 12.8 Å². The number of fused-ring (bicyclic) bond motifs is 1. The van der Waals surface area contributed by atoms with Gasteiger partial charge in [-0.1, -0.05) is 13.3 Å². The van der Waals surface area contributed by atoms with Crippen LogP contribution in [0.25, 0.3) is 5.76 Å². The third kappa shape index (κ3) is 3.18. The molecule has 2 N–H and O–H groups in total. The van der Waals surface area contributed by atoms with Crippen LogP contribution in [-0.4, -0.2) is 35.5 Å². The number of carbonyl (C=O) groups is 1. The number of unbranched alkanes of at least 4 members (excludes halogenated alkanes) is 1. The molecule has 1 heterocycles. The van der Waals surface area contributed by atoms with Crippen LogP contribution in [0.1, 0.15) is 35.7 Å². The fourth-order valence-corrected chi connectivity index (χ4v) is 1.88. The lowest BCUT2D eigenvalue weighted by Gasteiger charge is -2.10. The van der Waals surface area contributed by atoms with E-state index in [-0.39, 0.29) is 19.2 Å². The lowest BCUT2D eigenvalue weighted by atomic mass is 10.1. The largest absolute Gasteiger partial charge is 0.491 e. The Morgan fingerprint density at radius 2 is 2.20 bits per heavy atom. The molecule has 1 aromatic carbocycles. The van der Waals surface area contributed by atoms with Crippen molar-refractivity contribution in [1.82, 2.24) is 0 Å². The van der Waals surface area contributed by atoms with E-state index < -0.39 is 6.10 Å². The first-order valence-corrected chi connectivity index (χ1v) is 6.64. The van der Waals surface area contributed by atoms with Gasteiger partial charge in [0, 0.05) is 5.56 Å². The number of ether oxygens (including phenoxy) is 2. The third-order valence-electron chi connectivity index (χ3n) is 2.95. The minimum Gasteiger partial charge on any atom is -0.491 e. The zero-order valence-electron chi connectivity index (χ0n) is 11.3. The van der Waals surface area contributed by atoms with Crippen LogP contribution in [0.4, 0.5) is 0 Å². The summed E-state index contributed by atoms with van der Waals surface area (Å²) in [7, 11) is 0. The molecule has 0 unspecified atom stereocenters. The molecule has 0 saturated heterocycles. The molecule has 1 aromatic rings. The SMILES string of the molecule is CCC/C=C1\OC(=O)c2ccc(OC[C@H](O)CO)cc21. The molecule has 1 aliphatic heterocycles. The van der Waals surface area contributed by atoms with Crippen molar-refractivity contribution in [3.05, 3.63) is 35.4 Å². The number of aliphatic hydroxyl groups excluding tert-OH is 2. The van der Waals surface area contributed by atoms with Crippen LogP contribution in [0, 0.1) is 0 Å². The Balaban J connectivity index is 2.18. The monoisotopic (exact) mass is 278 g/mol. The summed E-state index contributed by atoms with van der Waals surface area (Å²) in [4.78, 5) is 11.7. The quantitative estimate of drug-likeness (QED) is 0.775. The number of allylic oxidation sites excluding steroid dienone is 1. The van der Waals surface area contributed by atoms with Crippen LogP contribution < -0.4 is 4.74 Å². The zero-order chi connectivity index (χ0) is 14.5. The molecule has 1 aliphatic rings. The number of rotatable bonds is 6. The van der Waals surface area contributed by atoms with E-state index in [1.807, 2.05) is 13.0 Å². The number of hydrogen-bond acceptors (Lipinski definition) is 5. The van der Waals surface area contributed by atoms with Gasteiger partial charge in [0.1, 0.15) is 24.2 Å². The summed E-state index contributed by atoms with van der Waals surface area (Å²) in [5.74, 6) is 0.723. The van der Waals surface area contributed by atoms with E-state index >= 15 is 0 Å². The van der Waals surface area contributed by atoms with Gasteiger partial charge >= 0.3 is 5.97 Å². The van der Waals surface area contributed by atoms with Crippen molar-refractivity contribution < 1.29 is 24.5 Å². The number of cyclic esters (lactones) is 1. The molecule has 0 radical (unpaired) electrons. The summed E-state index contributed by atoms with van der Waals surface area (Å²) in [6, 6.07) is 5.00. The highest BCUT2D eigenvalue weighted by Crippen LogP contribution is 2.33. The van der Waals surface area contributed by atoms with Crippen molar-refractivity contribution in [1.29, 1.82) is 0 Å². The fourth-order valence-electron chi connectivity index (χ4n) is 1.88. The van der Waals surface area contributed by atoms with Gasteiger partial charge in [-0.2, -0.15) is 0 Å². The van der Waals surface area contributed by atoms with E-state index in [0.29, 0.717) is 22.6 Å². The summed E-state index contributed by atoms with van der Waals surface area (Å²) in [6.07, 6.45) is 2.76. The minimum absolute atomic E-state index is 0.00189. The Labute approximate surface area is 117 Å². The molecular formula is C15H18O5. The Bertz CT molecular complexity index is 521. The first-order valence-electron chi connectivity index (χ1n) is 6.64. The normalized spacial score (nSPS) is 16.9. The van der Waals surface area contributed by atoms with Gasteiger partial charge in [-0.25, -0.2) is 4.79 Å². The highest BCUT2D eigenvalue weighted by atomic mass is 16.5. The molecule has 0 aliphatic carbocycles.